The summed E-state index contributed by atoms with van der Waals surface area (Å²) in [5.74, 6) is -0.907. The summed E-state index contributed by atoms with van der Waals surface area (Å²) in [6, 6.07) is 15.1. The van der Waals surface area contributed by atoms with E-state index in [1.165, 1.54) is 35.4 Å². The van der Waals surface area contributed by atoms with Crippen LogP contribution in [0.2, 0.25) is 0 Å². The van der Waals surface area contributed by atoms with E-state index in [0.29, 0.717) is 30.9 Å². The average Bonchev–Trinajstić information content (AvgIpc) is 3.84. The quantitative estimate of drug-likeness (QED) is 0.301. The fourth-order valence-electron chi connectivity index (χ4n) is 5.24. The molecule has 4 heterocycles. The summed E-state index contributed by atoms with van der Waals surface area (Å²) in [6.07, 6.45) is 6.34. The van der Waals surface area contributed by atoms with Gasteiger partial charge in [0.2, 0.25) is 17.6 Å². The Morgan fingerprint density at radius 2 is 1.60 bits per heavy atom. The van der Waals surface area contributed by atoms with Crippen molar-refractivity contribution in [3.8, 4) is 21.8 Å². The lowest BCUT2D eigenvalue weighted by Crippen LogP contribution is -2.43. The molecule has 4 aromatic rings. The highest BCUT2D eigenvalue weighted by Gasteiger charge is 2.33. The number of carbonyl (C=O) groups is 4. The molecule has 218 valence electrons. The molecule has 11 nitrogen and oxygen atoms in total. The molecule has 2 aromatic heterocycles. The number of likely N-dealkylation sites (tertiary alicyclic amines) is 1. The molecule has 0 bridgehead atoms. The smallest absolute Gasteiger partial charge is 0.293 e. The van der Waals surface area contributed by atoms with E-state index in [0.717, 1.165) is 28.2 Å². The topological polar surface area (TPSA) is 138 Å². The van der Waals surface area contributed by atoms with Crippen molar-refractivity contribution >= 4 is 46.3 Å². The third-order valence-corrected chi connectivity index (χ3v) is 8.34. The number of thiazole rings is 1. The van der Waals surface area contributed by atoms with Crippen molar-refractivity contribution < 1.29 is 23.7 Å². The third-order valence-electron chi connectivity index (χ3n) is 7.45. The van der Waals surface area contributed by atoms with E-state index < -0.39 is 18.0 Å². The maximum absolute atomic E-state index is 13.0. The average molecular weight is 597 g/mol. The van der Waals surface area contributed by atoms with Crippen molar-refractivity contribution in [2.75, 3.05) is 23.7 Å². The summed E-state index contributed by atoms with van der Waals surface area (Å²) >= 11 is 1.51. The molecule has 1 saturated heterocycles. The van der Waals surface area contributed by atoms with Crippen molar-refractivity contribution in [3.05, 3.63) is 84.1 Å². The summed E-state index contributed by atoms with van der Waals surface area (Å²) in [7, 11) is 0. The fourth-order valence-corrected chi connectivity index (χ4v) is 6.08. The molecule has 0 unspecified atom stereocenters. The number of hydrogen-bond acceptors (Lipinski definition) is 8. The molecule has 0 aliphatic carbocycles. The number of aromatic nitrogens is 2. The van der Waals surface area contributed by atoms with Crippen LogP contribution in [0.3, 0.4) is 0 Å². The van der Waals surface area contributed by atoms with Crippen LogP contribution in [0.15, 0.2) is 82.8 Å². The minimum Gasteiger partial charge on any atom is -0.351 e. The van der Waals surface area contributed by atoms with Gasteiger partial charge >= 0.3 is 0 Å². The number of rotatable bonds is 7. The van der Waals surface area contributed by atoms with Gasteiger partial charge in [-0.15, -0.1) is 11.3 Å². The van der Waals surface area contributed by atoms with Crippen LogP contribution in [0.1, 0.15) is 30.3 Å². The fraction of sp³-hybridized carbons (Fsp3) is 0.226. The van der Waals surface area contributed by atoms with Crippen molar-refractivity contribution in [1.82, 2.24) is 19.9 Å². The van der Waals surface area contributed by atoms with E-state index >= 15 is 0 Å². The molecule has 2 aliphatic heterocycles. The van der Waals surface area contributed by atoms with Crippen LogP contribution in [-0.4, -0.2) is 68.7 Å². The van der Waals surface area contributed by atoms with Crippen LogP contribution < -0.4 is 10.6 Å². The Bertz CT molecular complexity index is 1680. The Hall–Kier alpha value is -5.10. The minimum absolute atomic E-state index is 0.0812. The third kappa shape index (κ3) is 5.95. The van der Waals surface area contributed by atoms with Gasteiger partial charge in [-0.3, -0.25) is 19.2 Å². The highest BCUT2D eigenvalue weighted by Crippen LogP contribution is 2.30. The maximum Gasteiger partial charge on any atom is 0.293 e. The molecule has 43 heavy (non-hydrogen) atoms. The van der Waals surface area contributed by atoms with Crippen molar-refractivity contribution in [2.24, 2.45) is 0 Å². The van der Waals surface area contributed by atoms with E-state index in [4.69, 9.17) is 9.51 Å². The summed E-state index contributed by atoms with van der Waals surface area (Å²) in [6.45, 7) is 2.41. The Balaban J connectivity index is 1.06. The zero-order valence-electron chi connectivity index (χ0n) is 23.2. The van der Waals surface area contributed by atoms with Gasteiger partial charge in [0.25, 0.3) is 11.8 Å². The van der Waals surface area contributed by atoms with Gasteiger partial charge in [-0.25, -0.2) is 4.98 Å². The predicted octanol–water partition coefficient (Wildman–Crippen LogP) is 4.43. The van der Waals surface area contributed by atoms with E-state index in [9.17, 15) is 19.2 Å². The molecule has 2 atom stereocenters. The van der Waals surface area contributed by atoms with Crippen LogP contribution in [-0.2, 0) is 14.4 Å². The first-order valence-corrected chi connectivity index (χ1v) is 14.7. The van der Waals surface area contributed by atoms with Gasteiger partial charge in [-0.05, 0) is 49.2 Å². The van der Waals surface area contributed by atoms with Gasteiger partial charge in [0.05, 0.1) is 11.9 Å². The number of anilines is 2. The lowest BCUT2D eigenvalue weighted by Gasteiger charge is -2.22. The first kappa shape index (κ1) is 28.0. The van der Waals surface area contributed by atoms with E-state index in [1.807, 2.05) is 41.8 Å². The highest BCUT2D eigenvalue weighted by molar-refractivity contribution is 7.13. The highest BCUT2D eigenvalue weighted by atomic mass is 32.1. The SMILES string of the molecule is CC(=O)N1CCC[C@H]1C(=O)Nc1ccc(-c2nc(-c3ccc(NC(=O)[C@@H]4C=CCN4C(=O)c4ccno4)cc3)cs2)cc1. The number of amides is 4. The van der Waals surface area contributed by atoms with E-state index in [-0.39, 0.29) is 23.5 Å². The van der Waals surface area contributed by atoms with Gasteiger partial charge < -0.3 is 25.0 Å². The molecule has 0 spiro atoms. The first-order valence-electron chi connectivity index (χ1n) is 13.8. The first-order chi connectivity index (χ1) is 20.9. The van der Waals surface area contributed by atoms with E-state index in [2.05, 4.69) is 15.8 Å². The van der Waals surface area contributed by atoms with Gasteiger partial charge in [0.15, 0.2) is 0 Å². The van der Waals surface area contributed by atoms with Crippen molar-refractivity contribution in [3.63, 3.8) is 0 Å². The second-order valence-corrected chi connectivity index (χ2v) is 11.1. The number of carbonyl (C=O) groups excluding carboxylic acids is 4. The monoisotopic (exact) mass is 596 g/mol. The summed E-state index contributed by atoms with van der Waals surface area (Å²) < 4.78 is 4.95. The zero-order chi connectivity index (χ0) is 29.9. The molecule has 0 saturated carbocycles. The Labute approximate surface area is 251 Å². The molecule has 2 aromatic carbocycles. The minimum atomic E-state index is -0.754. The predicted molar refractivity (Wildman–Crippen MR) is 161 cm³/mol. The lowest BCUT2D eigenvalue weighted by atomic mass is 10.1. The lowest BCUT2D eigenvalue weighted by molar-refractivity contribution is -0.134. The number of nitrogens with one attached hydrogen (secondary N) is 2. The molecule has 2 N–H and O–H groups in total. The van der Waals surface area contributed by atoms with Gasteiger partial charge in [-0.1, -0.05) is 29.4 Å². The Kier molecular flexibility index (Phi) is 7.84. The van der Waals surface area contributed by atoms with Crippen molar-refractivity contribution in [1.29, 1.82) is 0 Å². The molecular formula is C31H28N6O5S. The summed E-state index contributed by atoms with van der Waals surface area (Å²) in [5, 5.41) is 12.1. The van der Waals surface area contributed by atoms with Gasteiger partial charge in [0, 0.05) is 54.0 Å². The summed E-state index contributed by atoms with van der Waals surface area (Å²) in [4.78, 5) is 57.9. The van der Waals surface area contributed by atoms with Crippen LogP contribution in [0, 0.1) is 0 Å². The standard InChI is InChI=1S/C31H28N6O5S/c1-19(38)36-16-2-4-25(36)28(39)33-23-12-8-21(9-13-23)30-35-24(18-43-30)20-6-10-22(11-7-20)34-29(40)26-5-3-17-37(26)31(41)27-14-15-32-42-27/h3,5-15,18,25-26H,2,4,16-17H2,1H3,(H,33,39)(H,34,40)/t25-,26-/m0/s1. The molecule has 0 radical (unpaired) electrons. The van der Waals surface area contributed by atoms with Crippen LogP contribution in [0.4, 0.5) is 11.4 Å². The Morgan fingerprint density at radius 1 is 0.907 bits per heavy atom. The van der Waals surface area contributed by atoms with Gasteiger partial charge in [0.1, 0.15) is 17.1 Å². The molecule has 1 fully saturated rings. The van der Waals surface area contributed by atoms with Crippen molar-refractivity contribution in [2.45, 2.75) is 31.8 Å². The Morgan fingerprint density at radius 3 is 2.28 bits per heavy atom. The van der Waals surface area contributed by atoms with E-state index in [1.54, 1.807) is 29.2 Å². The van der Waals surface area contributed by atoms with Gasteiger partial charge in [-0.2, -0.15) is 0 Å². The second-order valence-electron chi connectivity index (χ2n) is 10.2. The number of nitrogens with zero attached hydrogens (tertiary/aromatic N) is 4. The van der Waals surface area contributed by atoms with Crippen LogP contribution >= 0.6 is 11.3 Å². The number of hydrogen-bond donors (Lipinski definition) is 2. The summed E-state index contributed by atoms with van der Waals surface area (Å²) in [5.41, 5.74) is 3.86. The molecule has 6 rings (SSSR count). The molecule has 4 amide bonds. The van der Waals surface area contributed by atoms with Crippen LogP contribution in [0.5, 0.6) is 0 Å². The number of benzene rings is 2. The second kappa shape index (κ2) is 12.0. The van der Waals surface area contributed by atoms with Crippen LogP contribution in [0.25, 0.3) is 21.8 Å². The largest absolute Gasteiger partial charge is 0.351 e. The molecule has 2 aliphatic rings. The molecular weight excluding hydrogens is 568 g/mol. The molecule has 12 heteroatoms. The normalized spacial score (nSPS) is 17.7. The zero-order valence-corrected chi connectivity index (χ0v) is 24.0. The maximum atomic E-state index is 13.0.